The van der Waals surface area contributed by atoms with Gasteiger partial charge in [0.05, 0.1) is 6.04 Å². The van der Waals surface area contributed by atoms with E-state index in [0.717, 1.165) is 6.42 Å². The van der Waals surface area contributed by atoms with Crippen LogP contribution in [0, 0.1) is 5.92 Å². The van der Waals surface area contributed by atoms with E-state index in [1.165, 1.54) is 19.3 Å². The minimum absolute atomic E-state index is 0.110. The van der Waals surface area contributed by atoms with Gasteiger partial charge in [-0.2, -0.15) is 0 Å². The molecule has 2 heteroatoms. The van der Waals surface area contributed by atoms with Gasteiger partial charge in [0, 0.05) is 0 Å². The van der Waals surface area contributed by atoms with Crippen molar-refractivity contribution in [2.75, 3.05) is 0 Å². The van der Waals surface area contributed by atoms with Crippen LogP contribution in [0.15, 0.2) is 0 Å². The SMILES string of the molecule is CCCC[C@H](C)C[C@H](N)C(C)=O. The largest absolute Gasteiger partial charge is 0.322 e. The van der Waals surface area contributed by atoms with E-state index in [9.17, 15) is 4.79 Å². The third-order valence-electron chi connectivity index (χ3n) is 2.23. The van der Waals surface area contributed by atoms with Gasteiger partial charge in [0.1, 0.15) is 5.78 Å². The number of Topliss-reactive ketones (excluding diaryl/α,β-unsaturated/α-hetero) is 1. The van der Waals surface area contributed by atoms with Crippen LogP contribution >= 0.6 is 0 Å². The lowest BCUT2D eigenvalue weighted by Crippen LogP contribution is -2.30. The molecule has 0 radical (unpaired) electrons. The van der Waals surface area contributed by atoms with E-state index >= 15 is 0 Å². The fraction of sp³-hybridized carbons (Fsp3) is 0.900. The summed E-state index contributed by atoms with van der Waals surface area (Å²) >= 11 is 0. The van der Waals surface area contributed by atoms with Crippen molar-refractivity contribution in [3.05, 3.63) is 0 Å². The predicted octanol–water partition coefficient (Wildman–Crippen LogP) is 2.12. The second-order valence-electron chi connectivity index (χ2n) is 3.70. The molecule has 0 unspecified atom stereocenters. The Labute approximate surface area is 75.5 Å². The fourth-order valence-corrected chi connectivity index (χ4v) is 1.27. The van der Waals surface area contributed by atoms with Gasteiger partial charge < -0.3 is 5.73 Å². The number of carbonyl (C=O) groups excluding carboxylic acids is 1. The first-order valence-electron chi connectivity index (χ1n) is 4.84. The molecule has 0 bridgehead atoms. The smallest absolute Gasteiger partial charge is 0.146 e. The minimum atomic E-state index is -0.239. The lowest BCUT2D eigenvalue weighted by Gasteiger charge is -2.14. The standard InChI is InChI=1S/C10H21NO/c1-4-5-6-8(2)7-10(11)9(3)12/h8,10H,4-7,11H2,1-3H3/t8-,10-/m0/s1. The van der Waals surface area contributed by atoms with Gasteiger partial charge in [-0.15, -0.1) is 0 Å². The molecule has 0 heterocycles. The number of rotatable bonds is 6. The van der Waals surface area contributed by atoms with Crippen molar-refractivity contribution in [2.24, 2.45) is 11.7 Å². The number of hydrogen-bond donors (Lipinski definition) is 1. The zero-order valence-corrected chi connectivity index (χ0v) is 8.47. The molecule has 0 saturated heterocycles. The van der Waals surface area contributed by atoms with Crippen molar-refractivity contribution in [3.8, 4) is 0 Å². The molecule has 2 N–H and O–H groups in total. The Bertz CT molecular complexity index is 134. The van der Waals surface area contributed by atoms with Gasteiger partial charge >= 0.3 is 0 Å². The summed E-state index contributed by atoms with van der Waals surface area (Å²) in [7, 11) is 0. The molecule has 12 heavy (non-hydrogen) atoms. The Balaban J connectivity index is 3.53. The molecule has 0 amide bonds. The summed E-state index contributed by atoms with van der Waals surface area (Å²) in [4.78, 5) is 10.8. The molecule has 0 aromatic carbocycles. The third-order valence-corrected chi connectivity index (χ3v) is 2.23. The van der Waals surface area contributed by atoms with Crippen LogP contribution in [0.4, 0.5) is 0 Å². The number of ketones is 1. The molecule has 2 atom stereocenters. The van der Waals surface area contributed by atoms with Crippen LogP contribution in [0.2, 0.25) is 0 Å². The zero-order chi connectivity index (χ0) is 9.56. The number of hydrogen-bond acceptors (Lipinski definition) is 2. The summed E-state index contributed by atoms with van der Waals surface area (Å²) in [5, 5.41) is 0. The van der Waals surface area contributed by atoms with Crippen molar-refractivity contribution < 1.29 is 4.79 Å². The molecular formula is C10H21NO. The van der Waals surface area contributed by atoms with Gasteiger partial charge in [-0.25, -0.2) is 0 Å². The lowest BCUT2D eigenvalue weighted by molar-refractivity contribution is -0.118. The molecule has 0 rings (SSSR count). The summed E-state index contributed by atoms with van der Waals surface area (Å²) in [6.07, 6.45) is 4.50. The van der Waals surface area contributed by atoms with Crippen LogP contribution in [0.5, 0.6) is 0 Å². The number of unbranched alkanes of at least 4 members (excludes halogenated alkanes) is 1. The highest BCUT2D eigenvalue weighted by atomic mass is 16.1. The Morgan fingerprint density at radius 1 is 1.50 bits per heavy atom. The summed E-state index contributed by atoms with van der Waals surface area (Å²) in [5.74, 6) is 0.696. The quantitative estimate of drug-likeness (QED) is 0.665. The summed E-state index contributed by atoms with van der Waals surface area (Å²) in [6.45, 7) is 5.91. The van der Waals surface area contributed by atoms with Crippen molar-refractivity contribution in [3.63, 3.8) is 0 Å². The number of carbonyl (C=O) groups is 1. The van der Waals surface area contributed by atoms with Crippen LogP contribution in [0.3, 0.4) is 0 Å². The maximum Gasteiger partial charge on any atom is 0.146 e. The van der Waals surface area contributed by atoms with Gasteiger partial charge in [0.25, 0.3) is 0 Å². The zero-order valence-electron chi connectivity index (χ0n) is 8.47. The predicted molar refractivity (Wildman–Crippen MR) is 52.0 cm³/mol. The molecule has 0 aliphatic heterocycles. The van der Waals surface area contributed by atoms with E-state index in [-0.39, 0.29) is 11.8 Å². The van der Waals surface area contributed by atoms with Crippen LogP contribution in [0.25, 0.3) is 0 Å². The highest BCUT2D eigenvalue weighted by Gasteiger charge is 2.11. The topological polar surface area (TPSA) is 43.1 Å². The van der Waals surface area contributed by atoms with Gasteiger partial charge in [-0.3, -0.25) is 4.79 Å². The molecule has 72 valence electrons. The van der Waals surface area contributed by atoms with Crippen molar-refractivity contribution >= 4 is 5.78 Å². The van der Waals surface area contributed by atoms with E-state index in [0.29, 0.717) is 5.92 Å². The van der Waals surface area contributed by atoms with Gasteiger partial charge in [-0.1, -0.05) is 33.1 Å². The highest BCUT2D eigenvalue weighted by Crippen LogP contribution is 2.13. The van der Waals surface area contributed by atoms with Crippen LogP contribution in [-0.2, 0) is 4.79 Å². The molecule has 2 nitrogen and oxygen atoms in total. The lowest BCUT2D eigenvalue weighted by atomic mass is 9.95. The fourth-order valence-electron chi connectivity index (χ4n) is 1.27. The van der Waals surface area contributed by atoms with Crippen LogP contribution in [0.1, 0.15) is 46.5 Å². The van der Waals surface area contributed by atoms with Gasteiger partial charge in [0.15, 0.2) is 0 Å². The van der Waals surface area contributed by atoms with Crippen molar-refractivity contribution in [1.82, 2.24) is 0 Å². The highest BCUT2D eigenvalue weighted by molar-refractivity contribution is 5.81. The maximum atomic E-state index is 10.8. The van der Waals surface area contributed by atoms with Gasteiger partial charge in [-0.05, 0) is 19.3 Å². The van der Waals surface area contributed by atoms with Crippen molar-refractivity contribution in [2.45, 2.75) is 52.5 Å². The number of nitrogens with two attached hydrogens (primary N) is 1. The Hall–Kier alpha value is -0.370. The van der Waals surface area contributed by atoms with E-state index in [1.54, 1.807) is 6.92 Å². The molecule has 0 aliphatic rings. The van der Waals surface area contributed by atoms with Crippen LogP contribution in [-0.4, -0.2) is 11.8 Å². The Morgan fingerprint density at radius 2 is 2.08 bits per heavy atom. The second-order valence-corrected chi connectivity index (χ2v) is 3.70. The van der Waals surface area contributed by atoms with E-state index in [1.807, 2.05) is 0 Å². The average Bonchev–Trinajstić information content (AvgIpc) is 2.00. The Morgan fingerprint density at radius 3 is 2.50 bits per heavy atom. The first-order valence-corrected chi connectivity index (χ1v) is 4.84. The van der Waals surface area contributed by atoms with Crippen LogP contribution < -0.4 is 5.73 Å². The third kappa shape index (κ3) is 5.30. The summed E-state index contributed by atoms with van der Waals surface area (Å²) in [6, 6.07) is -0.239. The Kier molecular flexibility index (Phi) is 5.99. The maximum absolute atomic E-state index is 10.8. The van der Waals surface area contributed by atoms with E-state index in [2.05, 4.69) is 13.8 Å². The average molecular weight is 171 g/mol. The first kappa shape index (κ1) is 11.6. The first-order chi connectivity index (χ1) is 5.57. The molecule has 0 fully saturated rings. The normalized spacial score (nSPS) is 15.7. The minimum Gasteiger partial charge on any atom is -0.322 e. The monoisotopic (exact) mass is 171 g/mol. The summed E-state index contributed by atoms with van der Waals surface area (Å²) < 4.78 is 0. The van der Waals surface area contributed by atoms with Gasteiger partial charge in [0.2, 0.25) is 0 Å². The molecule has 0 aliphatic carbocycles. The molecular weight excluding hydrogens is 150 g/mol. The summed E-state index contributed by atoms with van der Waals surface area (Å²) in [5.41, 5.74) is 5.64. The molecule has 0 saturated carbocycles. The molecule has 0 aromatic heterocycles. The van der Waals surface area contributed by atoms with Crippen molar-refractivity contribution in [1.29, 1.82) is 0 Å². The van der Waals surface area contributed by atoms with E-state index in [4.69, 9.17) is 5.73 Å². The second kappa shape index (κ2) is 6.18. The molecule has 0 spiro atoms. The molecule has 0 aromatic rings. The van der Waals surface area contributed by atoms with E-state index < -0.39 is 0 Å².